The van der Waals surface area contributed by atoms with Crippen molar-refractivity contribution in [3.8, 4) is 0 Å². The fourth-order valence-electron chi connectivity index (χ4n) is 1.82. The van der Waals surface area contributed by atoms with Crippen molar-refractivity contribution >= 4 is 17.3 Å². The summed E-state index contributed by atoms with van der Waals surface area (Å²) >= 11 is 0. The maximum atomic E-state index is 11.1. The second-order valence-corrected chi connectivity index (χ2v) is 4.00. The van der Waals surface area contributed by atoms with Gasteiger partial charge in [-0.15, -0.1) is 0 Å². The minimum atomic E-state index is -1.19. The minimum Gasteiger partial charge on any atom is -0.478 e. The number of nitro groups is 1. The molecular formula is C11H12N2O5. The molecule has 18 heavy (non-hydrogen) atoms. The highest BCUT2D eigenvalue weighted by atomic mass is 16.6. The van der Waals surface area contributed by atoms with Gasteiger partial charge in [-0.1, -0.05) is 0 Å². The van der Waals surface area contributed by atoms with Crippen LogP contribution in [0, 0.1) is 10.1 Å². The van der Waals surface area contributed by atoms with Crippen LogP contribution in [0.5, 0.6) is 0 Å². The third-order valence-corrected chi connectivity index (χ3v) is 2.73. The van der Waals surface area contributed by atoms with Gasteiger partial charge in [-0.2, -0.15) is 0 Å². The lowest BCUT2D eigenvalue weighted by atomic mass is 10.1. The van der Waals surface area contributed by atoms with E-state index >= 15 is 0 Å². The molecule has 2 rings (SSSR count). The molecule has 0 radical (unpaired) electrons. The highest BCUT2D eigenvalue weighted by Crippen LogP contribution is 2.24. The minimum absolute atomic E-state index is 0.0459. The lowest BCUT2D eigenvalue weighted by Crippen LogP contribution is -2.20. The Bertz CT molecular complexity index is 482. The molecule has 1 atom stereocenters. The van der Waals surface area contributed by atoms with E-state index in [1.54, 1.807) is 0 Å². The maximum absolute atomic E-state index is 11.1. The van der Waals surface area contributed by atoms with Crippen LogP contribution in [0.2, 0.25) is 0 Å². The van der Waals surface area contributed by atoms with E-state index in [2.05, 4.69) is 5.32 Å². The first-order valence-corrected chi connectivity index (χ1v) is 5.44. The van der Waals surface area contributed by atoms with Crippen LogP contribution in [0.25, 0.3) is 0 Å². The van der Waals surface area contributed by atoms with Gasteiger partial charge in [-0.05, 0) is 12.5 Å². The van der Waals surface area contributed by atoms with Crippen LogP contribution in [0.3, 0.4) is 0 Å². The van der Waals surface area contributed by atoms with Crippen molar-refractivity contribution in [2.24, 2.45) is 0 Å². The molecule has 0 spiro atoms. The third kappa shape index (κ3) is 2.57. The van der Waals surface area contributed by atoms with Gasteiger partial charge in [0.25, 0.3) is 5.69 Å². The SMILES string of the molecule is O=C(O)c1cc([N+](=O)[O-])ccc1NC1CCOC1. The molecular weight excluding hydrogens is 240 g/mol. The Labute approximate surface area is 103 Å². The monoisotopic (exact) mass is 252 g/mol. The molecule has 2 N–H and O–H groups in total. The Morgan fingerprint density at radius 1 is 1.56 bits per heavy atom. The number of carboxylic acids is 1. The summed E-state index contributed by atoms with van der Waals surface area (Å²) in [5, 5.41) is 22.7. The molecule has 1 aromatic rings. The van der Waals surface area contributed by atoms with Crippen molar-refractivity contribution in [1.29, 1.82) is 0 Å². The van der Waals surface area contributed by atoms with Crippen molar-refractivity contribution < 1.29 is 19.6 Å². The van der Waals surface area contributed by atoms with E-state index in [1.807, 2.05) is 0 Å². The summed E-state index contributed by atoms with van der Waals surface area (Å²) in [6.07, 6.45) is 0.788. The highest BCUT2D eigenvalue weighted by molar-refractivity contribution is 5.95. The van der Waals surface area contributed by atoms with Gasteiger partial charge in [0.2, 0.25) is 0 Å². The fourth-order valence-corrected chi connectivity index (χ4v) is 1.82. The quantitative estimate of drug-likeness (QED) is 0.621. The summed E-state index contributed by atoms with van der Waals surface area (Å²) in [5.41, 5.74) is 0.0420. The number of ether oxygens (including phenoxy) is 1. The normalized spacial score (nSPS) is 18.6. The standard InChI is InChI=1S/C11H12N2O5/c14-11(15)9-5-8(13(16)17)1-2-10(9)12-7-3-4-18-6-7/h1-2,5,7,12H,3-4,6H2,(H,14,15). The Morgan fingerprint density at radius 3 is 2.89 bits per heavy atom. The smallest absolute Gasteiger partial charge is 0.338 e. The van der Waals surface area contributed by atoms with E-state index < -0.39 is 10.9 Å². The summed E-state index contributed by atoms with van der Waals surface area (Å²) < 4.78 is 5.17. The average Bonchev–Trinajstić information content (AvgIpc) is 2.81. The van der Waals surface area contributed by atoms with Crippen molar-refractivity contribution in [2.45, 2.75) is 12.5 Å². The molecule has 1 aliphatic rings. The predicted octanol–water partition coefficient (Wildman–Crippen LogP) is 1.49. The number of nitro benzene ring substituents is 1. The lowest BCUT2D eigenvalue weighted by molar-refractivity contribution is -0.384. The summed E-state index contributed by atoms with van der Waals surface area (Å²) in [7, 11) is 0. The Hall–Kier alpha value is -2.15. The molecule has 7 heteroatoms. The average molecular weight is 252 g/mol. The molecule has 1 unspecified atom stereocenters. The van der Waals surface area contributed by atoms with Gasteiger partial charge in [-0.25, -0.2) is 4.79 Å². The van der Waals surface area contributed by atoms with E-state index in [-0.39, 0.29) is 17.3 Å². The number of rotatable bonds is 4. The van der Waals surface area contributed by atoms with Gasteiger partial charge in [-0.3, -0.25) is 10.1 Å². The molecule has 0 aliphatic carbocycles. The number of nitrogens with one attached hydrogen (secondary N) is 1. The van der Waals surface area contributed by atoms with Crippen LogP contribution < -0.4 is 5.32 Å². The Kier molecular flexibility index (Phi) is 3.42. The topological polar surface area (TPSA) is 102 Å². The molecule has 1 fully saturated rings. The van der Waals surface area contributed by atoms with Gasteiger partial charge in [0, 0.05) is 24.4 Å². The second-order valence-electron chi connectivity index (χ2n) is 4.00. The highest BCUT2D eigenvalue weighted by Gasteiger charge is 2.20. The van der Waals surface area contributed by atoms with E-state index in [9.17, 15) is 14.9 Å². The molecule has 0 saturated carbocycles. The molecule has 0 bridgehead atoms. The van der Waals surface area contributed by atoms with Crippen LogP contribution >= 0.6 is 0 Å². The van der Waals surface area contributed by atoms with Gasteiger partial charge in [0.1, 0.15) is 0 Å². The van der Waals surface area contributed by atoms with Crippen LogP contribution in [-0.2, 0) is 4.74 Å². The number of nitrogens with zero attached hydrogens (tertiary/aromatic N) is 1. The zero-order valence-electron chi connectivity index (χ0n) is 9.46. The van der Waals surface area contributed by atoms with Crippen molar-refractivity contribution in [2.75, 3.05) is 18.5 Å². The van der Waals surface area contributed by atoms with Crippen molar-refractivity contribution in [1.82, 2.24) is 0 Å². The second kappa shape index (κ2) is 5.01. The van der Waals surface area contributed by atoms with Gasteiger partial charge >= 0.3 is 5.97 Å². The van der Waals surface area contributed by atoms with Gasteiger partial charge < -0.3 is 15.2 Å². The molecule has 0 aromatic heterocycles. The first kappa shape index (κ1) is 12.3. The first-order chi connectivity index (χ1) is 8.58. The number of anilines is 1. The van der Waals surface area contributed by atoms with Gasteiger partial charge in [0.05, 0.1) is 23.1 Å². The van der Waals surface area contributed by atoms with E-state index in [1.165, 1.54) is 12.1 Å². The van der Waals surface area contributed by atoms with E-state index in [4.69, 9.17) is 9.84 Å². The number of carboxylic acid groups (broad SMARTS) is 1. The number of hydrogen-bond acceptors (Lipinski definition) is 5. The van der Waals surface area contributed by atoms with Crippen molar-refractivity contribution in [3.05, 3.63) is 33.9 Å². The zero-order valence-corrected chi connectivity index (χ0v) is 9.46. The molecule has 7 nitrogen and oxygen atoms in total. The van der Waals surface area contributed by atoms with Crippen LogP contribution in [0.1, 0.15) is 16.8 Å². The number of aromatic carboxylic acids is 1. The summed E-state index contributed by atoms with van der Waals surface area (Å²) in [6.45, 7) is 1.14. The summed E-state index contributed by atoms with van der Waals surface area (Å²) in [6, 6.07) is 3.80. The molecule has 1 aliphatic heterocycles. The molecule has 96 valence electrons. The zero-order chi connectivity index (χ0) is 13.1. The number of non-ortho nitro benzene ring substituents is 1. The number of benzene rings is 1. The largest absolute Gasteiger partial charge is 0.478 e. The van der Waals surface area contributed by atoms with Crippen LogP contribution in [0.15, 0.2) is 18.2 Å². The Balaban J connectivity index is 2.28. The predicted molar refractivity (Wildman–Crippen MR) is 62.9 cm³/mol. The van der Waals surface area contributed by atoms with Gasteiger partial charge in [0.15, 0.2) is 0 Å². The Morgan fingerprint density at radius 2 is 2.33 bits per heavy atom. The summed E-state index contributed by atoms with van der Waals surface area (Å²) in [4.78, 5) is 21.1. The number of hydrogen-bond donors (Lipinski definition) is 2. The molecule has 0 amide bonds. The maximum Gasteiger partial charge on any atom is 0.338 e. The lowest BCUT2D eigenvalue weighted by Gasteiger charge is -2.14. The number of carbonyl (C=O) groups is 1. The first-order valence-electron chi connectivity index (χ1n) is 5.44. The van der Waals surface area contributed by atoms with Crippen LogP contribution in [-0.4, -0.2) is 35.3 Å². The molecule has 1 heterocycles. The van der Waals surface area contributed by atoms with Crippen molar-refractivity contribution in [3.63, 3.8) is 0 Å². The fraction of sp³-hybridized carbons (Fsp3) is 0.364. The van der Waals surface area contributed by atoms with E-state index in [0.717, 1.165) is 12.5 Å². The third-order valence-electron chi connectivity index (χ3n) is 2.73. The van der Waals surface area contributed by atoms with E-state index in [0.29, 0.717) is 18.9 Å². The molecule has 1 aromatic carbocycles. The molecule has 1 saturated heterocycles. The summed E-state index contributed by atoms with van der Waals surface area (Å²) in [5.74, 6) is -1.19. The van der Waals surface area contributed by atoms with Crippen LogP contribution in [0.4, 0.5) is 11.4 Å².